The number of carbonyl (C=O) groups excluding carboxylic acids is 2. The van der Waals surface area contributed by atoms with Crippen LogP contribution in [0.5, 0.6) is 0 Å². The fraction of sp³-hybridized carbons (Fsp3) is 0.333. The summed E-state index contributed by atoms with van der Waals surface area (Å²) in [6.45, 7) is 5.29. The van der Waals surface area contributed by atoms with Crippen LogP contribution in [-0.4, -0.2) is 44.3 Å². The first-order valence-electron chi connectivity index (χ1n) is 9.61. The Kier molecular flexibility index (Phi) is 8.88. The van der Waals surface area contributed by atoms with Gasteiger partial charge in [0.25, 0.3) is 5.91 Å². The molecule has 0 bridgehead atoms. The van der Waals surface area contributed by atoms with Crippen molar-refractivity contribution in [2.24, 2.45) is 0 Å². The Morgan fingerprint density at radius 2 is 1.77 bits per heavy atom. The molecule has 1 atom stereocenters. The van der Waals surface area contributed by atoms with Gasteiger partial charge in [0.15, 0.2) is 6.61 Å². The third-order valence-corrected chi connectivity index (χ3v) is 7.16. The summed E-state index contributed by atoms with van der Waals surface area (Å²) >= 11 is 12.0. The van der Waals surface area contributed by atoms with Gasteiger partial charge in [0.2, 0.25) is 10.0 Å². The number of amides is 1. The van der Waals surface area contributed by atoms with Gasteiger partial charge >= 0.3 is 5.97 Å². The number of nitrogens with one attached hydrogen (secondary N) is 1. The number of nitrogens with zero attached hydrogens (tertiary/aromatic N) is 1. The minimum Gasteiger partial charge on any atom is -0.452 e. The van der Waals surface area contributed by atoms with Crippen molar-refractivity contribution in [3.63, 3.8) is 0 Å². The van der Waals surface area contributed by atoms with Crippen LogP contribution in [0.25, 0.3) is 0 Å². The molecule has 2 aromatic rings. The van der Waals surface area contributed by atoms with Crippen LogP contribution in [0.1, 0.15) is 42.7 Å². The number of carbonyl (C=O) groups is 2. The number of esters is 1. The quantitative estimate of drug-likeness (QED) is 0.539. The average Bonchev–Trinajstić information content (AvgIpc) is 2.72. The topological polar surface area (TPSA) is 92.8 Å². The highest BCUT2D eigenvalue weighted by molar-refractivity contribution is 7.89. The number of hydrogen-bond acceptors (Lipinski definition) is 5. The number of sulfonamides is 1. The van der Waals surface area contributed by atoms with E-state index in [0.717, 1.165) is 0 Å². The van der Waals surface area contributed by atoms with Crippen LogP contribution >= 0.6 is 23.2 Å². The Hall–Kier alpha value is -2.13. The normalized spacial score (nSPS) is 12.5. The molecule has 10 heteroatoms. The van der Waals surface area contributed by atoms with Crippen molar-refractivity contribution in [3.8, 4) is 0 Å². The zero-order chi connectivity index (χ0) is 23.2. The summed E-state index contributed by atoms with van der Waals surface area (Å²) in [5.41, 5.74) is 0.704. The molecule has 2 aromatic carbocycles. The van der Waals surface area contributed by atoms with E-state index in [2.05, 4.69) is 5.32 Å². The Bertz CT molecular complexity index is 1060. The lowest BCUT2D eigenvalue weighted by atomic mass is 10.1. The summed E-state index contributed by atoms with van der Waals surface area (Å²) in [6.07, 6.45) is 0. The van der Waals surface area contributed by atoms with Crippen LogP contribution in [0, 0.1) is 0 Å². The monoisotopic (exact) mass is 486 g/mol. The van der Waals surface area contributed by atoms with Crippen LogP contribution in [-0.2, 0) is 19.6 Å². The van der Waals surface area contributed by atoms with E-state index in [4.69, 9.17) is 27.9 Å². The summed E-state index contributed by atoms with van der Waals surface area (Å²) in [4.78, 5) is 24.5. The molecule has 2 rings (SSSR count). The second-order valence-corrected chi connectivity index (χ2v) is 9.43. The zero-order valence-electron chi connectivity index (χ0n) is 17.4. The molecular weight excluding hydrogens is 463 g/mol. The van der Waals surface area contributed by atoms with Gasteiger partial charge in [0.1, 0.15) is 0 Å². The molecule has 1 N–H and O–H groups in total. The van der Waals surface area contributed by atoms with Crippen LogP contribution in [0.15, 0.2) is 47.4 Å². The first kappa shape index (κ1) is 25.1. The lowest BCUT2D eigenvalue weighted by Crippen LogP contribution is -2.31. The van der Waals surface area contributed by atoms with Gasteiger partial charge in [-0.3, -0.25) is 4.79 Å². The lowest BCUT2D eigenvalue weighted by Gasteiger charge is -2.18. The molecule has 31 heavy (non-hydrogen) atoms. The second kappa shape index (κ2) is 10.9. The summed E-state index contributed by atoms with van der Waals surface area (Å²) in [5, 5.41) is 3.57. The molecule has 0 saturated heterocycles. The van der Waals surface area contributed by atoms with E-state index in [1.54, 1.807) is 39.0 Å². The van der Waals surface area contributed by atoms with Gasteiger partial charge in [0.05, 0.1) is 16.5 Å². The van der Waals surface area contributed by atoms with E-state index in [1.807, 2.05) is 0 Å². The molecule has 7 nitrogen and oxygen atoms in total. The molecule has 0 heterocycles. The second-order valence-electron chi connectivity index (χ2n) is 6.65. The van der Waals surface area contributed by atoms with Gasteiger partial charge in [-0.2, -0.15) is 4.31 Å². The predicted octanol–water partition coefficient (Wildman–Crippen LogP) is 4.06. The SMILES string of the molecule is CCN(CC)S(=O)(=O)c1cccc(C(=O)OCC(=O)NC(C)c2ccc(Cl)cc2Cl)c1. The third kappa shape index (κ3) is 6.43. The molecule has 0 spiro atoms. The van der Waals surface area contributed by atoms with Gasteiger partial charge in [-0.25, -0.2) is 13.2 Å². The van der Waals surface area contributed by atoms with Gasteiger partial charge in [-0.15, -0.1) is 0 Å². The van der Waals surface area contributed by atoms with Crippen LogP contribution in [0.3, 0.4) is 0 Å². The van der Waals surface area contributed by atoms with Crippen molar-refractivity contribution in [1.82, 2.24) is 9.62 Å². The minimum absolute atomic E-state index is 0.0129. The molecule has 0 aromatic heterocycles. The standard InChI is InChI=1S/C21H24Cl2N2O5S/c1-4-25(5-2)31(28,29)17-8-6-7-15(11-17)21(27)30-13-20(26)24-14(3)18-10-9-16(22)12-19(18)23/h6-12,14H,4-5,13H2,1-3H3,(H,24,26). The number of rotatable bonds is 9. The van der Waals surface area contributed by atoms with E-state index >= 15 is 0 Å². The summed E-state index contributed by atoms with van der Waals surface area (Å²) < 4.78 is 31.6. The molecule has 0 aliphatic carbocycles. The minimum atomic E-state index is -3.72. The summed E-state index contributed by atoms with van der Waals surface area (Å²) in [6, 6.07) is 10.0. The molecular formula is C21H24Cl2N2O5S. The van der Waals surface area contributed by atoms with E-state index in [9.17, 15) is 18.0 Å². The fourth-order valence-corrected chi connectivity index (χ4v) is 5.00. The molecule has 0 aliphatic rings. The van der Waals surface area contributed by atoms with Crippen LogP contribution in [0.2, 0.25) is 10.0 Å². The first-order valence-corrected chi connectivity index (χ1v) is 11.8. The highest BCUT2D eigenvalue weighted by Gasteiger charge is 2.23. The number of halogens is 2. The smallest absolute Gasteiger partial charge is 0.338 e. The van der Waals surface area contributed by atoms with Gasteiger partial charge in [-0.05, 0) is 42.8 Å². The largest absolute Gasteiger partial charge is 0.452 e. The maximum atomic E-state index is 12.6. The summed E-state index contributed by atoms with van der Waals surface area (Å²) in [7, 11) is -3.72. The van der Waals surface area contributed by atoms with Crippen molar-refractivity contribution in [3.05, 3.63) is 63.6 Å². The van der Waals surface area contributed by atoms with E-state index < -0.39 is 34.5 Å². The van der Waals surface area contributed by atoms with Crippen molar-refractivity contribution in [2.75, 3.05) is 19.7 Å². The lowest BCUT2D eigenvalue weighted by molar-refractivity contribution is -0.124. The fourth-order valence-electron chi connectivity index (χ4n) is 2.92. The molecule has 0 saturated carbocycles. The van der Waals surface area contributed by atoms with E-state index in [1.165, 1.54) is 28.6 Å². The number of hydrogen-bond donors (Lipinski definition) is 1. The molecule has 0 fully saturated rings. The zero-order valence-corrected chi connectivity index (χ0v) is 19.7. The van der Waals surface area contributed by atoms with Crippen molar-refractivity contribution in [2.45, 2.75) is 31.7 Å². The Morgan fingerprint density at radius 3 is 2.39 bits per heavy atom. The summed E-state index contributed by atoms with van der Waals surface area (Å²) in [5.74, 6) is -1.33. The highest BCUT2D eigenvalue weighted by atomic mass is 35.5. The van der Waals surface area contributed by atoms with Gasteiger partial charge in [0, 0.05) is 23.1 Å². The highest BCUT2D eigenvalue weighted by Crippen LogP contribution is 2.26. The average molecular weight is 487 g/mol. The first-order chi connectivity index (χ1) is 14.6. The Labute approximate surface area is 192 Å². The van der Waals surface area contributed by atoms with Gasteiger partial charge < -0.3 is 10.1 Å². The number of ether oxygens (including phenoxy) is 1. The molecule has 0 aliphatic heterocycles. The number of benzene rings is 2. The molecule has 1 amide bonds. The van der Waals surface area contributed by atoms with Crippen molar-refractivity contribution < 1.29 is 22.7 Å². The van der Waals surface area contributed by atoms with Gasteiger partial charge in [-0.1, -0.05) is 49.2 Å². The van der Waals surface area contributed by atoms with Crippen LogP contribution in [0.4, 0.5) is 0 Å². The molecule has 0 radical (unpaired) electrons. The Balaban J connectivity index is 2.02. The van der Waals surface area contributed by atoms with Crippen molar-refractivity contribution in [1.29, 1.82) is 0 Å². The third-order valence-electron chi connectivity index (χ3n) is 4.55. The molecule has 168 valence electrons. The van der Waals surface area contributed by atoms with E-state index in [0.29, 0.717) is 28.7 Å². The van der Waals surface area contributed by atoms with Crippen LogP contribution < -0.4 is 5.32 Å². The predicted molar refractivity (Wildman–Crippen MR) is 120 cm³/mol. The Morgan fingerprint density at radius 1 is 1.10 bits per heavy atom. The maximum Gasteiger partial charge on any atom is 0.338 e. The van der Waals surface area contributed by atoms with Crippen molar-refractivity contribution >= 4 is 45.1 Å². The van der Waals surface area contributed by atoms with E-state index in [-0.39, 0.29) is 10.5 Å². The molecule has 1 unspecified atom stereocenters. The maximum absolute atomic E-state index is 12.6.